The van der Waals surface area contributed by atoms with Crippen molar-refractivity contribution in [2.45, 2.75) is 77.3 Å². The molecule has 79 heavy (non-hydrogen) atoms. The van der Waals surface area contributed by atoms with Crippen LogP contribution in [-0.2, 0) is 23.9 Å². The molecule has 3 N–H and O–H groups in total. The minimum absolute atomic E-state index is 0.0893. The first-order valence-electron chi connectivity index (χ1n) is 26.5. The lowest BCUT2D eigenvalue weighted by Crippen LogP contribution is -2.43. The van der Waals surface area contributed by atoms with Gasteiger partial charge >= 0.3 is 24.1 Å². The van der Waals surface area contributed by atoms with Crippen molar-refractivity contribution in [3.8, 4) is 45.3 Å². The van der Waals surface area contributed by atoms with E-state index in [2.05, 4.69) is 34.9 Å². The monoisotopic (exact) mass is 1070 g/mol. The van der Waals surface area contributed by atoms with E-state index in [1.54, 1.807) is 30.3 Å². The van der Waals surface area contributed by atoms with E-state index in [1.165, 1.54) is 44.6 Å². The molecule has 0 fully saturated rings. The number of esters is 2. The molecule has 2 amide bonds. The van der Waals surface area contributed by atoms with E-state index in [-0.39, 0.29) is 65.6 Å². The van der Waals surface area contributed by atoms with Gasteiger partial charge in [0.25, 0.3) is 0 Å². The van der Waals surface area contributed by atoms with Gasteiger partial charge in [0, 0.05) is 17.9 Å². The average molecular weight is 1070 g/mol. The lowest BCUT2D eigenvalue weighted by molar-refractivity contribution is -0.137. The second kappa shape index (κ2) is 26.4. The third-order valence-corrected chi connectivity index (χ3v) is 13.9. The van der Waals surface area contributed by atoms with Crippen molar-refractivity contribution in [1.29, 1.82) is 0 Å². The summed E-state index contributed by atoms with van der Waals surface area (Å²) in [4.78, 5) is 66.8. The van der Waals surface area contributed by atoms with Gasteiger partial charge in [-0.05, 0) is 130 Å². The standard InChI is InChI=1S/C65H66N2O12/c1-40(2)23-31-56(66-64(72)76-38-54-50-19-11-7-15-46(50)47-16-8-12-20-51(47)54)62(70)78-58-33-27-42(35-60(58)74-5)25-29-44(68)37-45(69)30-26-43-28-34-59(61(36-43)75-6)79-63(71)57(32-24-41(3)4)67-65(73)77-39-55-52-21-13-9-17-48(52)49-18-10-14-22-53(49)55/h7-22,25-30,33-37,40-41,54-57,68H,23-24,31-32,38-39H2,1-6H3,(H,66,72)(H,67,73)/b29-25+,30-26+,44-37?/t56-,57-/m0/s1. The first-order valence-corrected chi connectivity index (χ1v) is 26.5. The fourth-order valence-corrected chi connectivity index (χ4v) is 9.77. The summed E-state index contributed by atoms with van der Waals surface area (Å²) in [5.41, 5.74) is 9.80. The molecule has 0 saturated heterocycles. The van der Waals surface area contributed by atoms with E-state index in [0.29, 0.717) is 36.8 Å². The van der Waals surface area contributed by atoms with Crippen LogP contribution in [0.3, 0.4) is 0 Å². The molecule has 0 radical (unpaired) electrons. The summed E-state index contributed by atoms with van der Waals surface area (Å²) in [5.74, 6) is -1.40. The van der Waals surface area contributed by atoms with E-state index in [0.717, 1.165) is 50.6 Å². The van der Waals surface area contributed by atoms with Crippen LogP contribution in [0.5, 0.6) is 23.0 Å². The predicted molar refractivity (Wildman–Crippen MR) is 303 cm³/mol. The number of aliphatic hydroxyl groups is 1. The Bertz CT molecular complexity index is 3190. The quantitative estimate of drug-likeness (QED) is 0.0182. The number of carbonyl (C=O) groups is 5. The first kappa shape index (κ1) is 56.3. The summed E-state index contributed by atoms with van der Waals surface area (Å²) < 4.78 is 34.2. The number of fused-ring (bicyclic) bond motifs is 6. The van der Waals surface area contributed by atoms with Crippen molar-refractivity contribution in [1.82, 2.24) is 10.6 Å². The molecule has 0 aliphatic heterocycles. The summed E-state index contributed by atoms with van der Waals surface area (Å²) in [6.45, 7) is 8.27. The number of amides is 2. The largest absolute Gasteiger partial charge is 0.508 e. The van der Waals surface area contributed by atoms with Crippen LogP contribution in [0.15, 0.2) is 157 Å². The molecule has 0 spiro atoms. The molecule has 0 bridgehead atoms. The summed E-state index contributed by atoms with van der Waals surface area (Å²) in [6.07, 6.45) is 7.11. The van der Waals surface area contributed by atoms with Crippen molar-refractivity contribution in [2.75, 3.05) is 27.4 Å². The molecule has 0 aromatic heterocycles. The van der Waals surface area contributed by atoms with Crippen LogP contribution in [0.1, 0.15) is 98.6 Å². The molecule has 6 aromatic carbocycles. The Morgan fingerprint density at radius 3 is 1.23 bits per heavy atom. The fraction of sp³-hybridized carbons (Fsp3) is 0.277. The number of alkyl carbamates (subject to hydrolysis) is 2. The highest BCUT2D eigenvalue weighted by atomic mass is 16.6. The van der Waals surface area contributed by atoms with Gasteiger partial charge < -0.3 is 44.2 Å². The number of benzene rings is 6. The second-order valence-corrected chi connectivity index (χ2v) is 20.3. The van der Waals surface area contributed by atoms with E-state index in [4.69, 9.17) is 28.4 Å². The van der Waals surface area contributed by atoms with Gasteiger partial charge in [0.1, 0.15) is 31.1 Å². The summed E-state index contributed by atoms with van der Waals surface area (Å²) >= 11 is 0. The Balaban J connectivity index is 0.838. The number of aliphatic hydroxyl groups excluding tert-OH is 1. The topological polar surface area (TPSA) is 185 Å². The van der Waals surface area contributed by atoms with Crippen molar-refractivity contribution >= 4 is 42.1 Å². The summed E-state index contributed by atoms with van der Waals surface area (Å²) in [5, 5.41) is 16.1. The maximum Gasteiger partial charge on any atom is 0.407 e. The van der Waals surface area contributed by atoms with Crippen LogP contribution in [0.4, 0.5) is 9.59 Å². The SMILES string of the molecule is COc1cc(/C=C/C(=O)C=C(O)/C=C/c2ccc(OC(=O)[C@H](CCC(C)C)NC(=O)OCC3c4ccccc4-c4ccccc43)c(OC)c2)ccc1OC(=O)[C@H](CCC(C)C)NC(=O)OCC1c2ccccc2-c2ccccc21. The van der Waals surface area contributed by atoms with E-state index in [9.17, 15) is 29.1 Å². The molecule has 0 unspecified atom stereocenters. The zero-order valence-corrected chi connectivity index (χ0v) is 45.2. The molecule has 14 heteroatoms. The molecule has 6 aromatic rings. The number of ether oxygens (including phenoxy) is 6. The van der Waals surface area contributed by atoms with Gasteiger partial charge in [0.15, 0.2) is 28.8 Å². The van der Waals surface area contributed by atoms with Gasteiger partial charge in [0.2, 0.25) is 0 Å². The van der Waals surface area contributed by atoms with E-state index in [1.807, 2.05) is 100 Å². The molecule has 408 valence electrons. The maximum atomic E-state index is 13.7. The molecule has 0 saturated carbocycles. The molecule has 0 heterocycles. The van der Waals surface area contributed by atoms with Crippen molar-refractivity contribution in [3.63, 3.8) is 0 Å². The molecular formula is C65H66N2O12. The number of methoxy groups -OCH3 is 2. The lowest BCUT2D eigenvalue weighted by atomic mass is 9.98. The Kier molecular flexibility index (Phi) is 18.8. The van der Waals surface area contributed by atoms with Gasteiger partial charge in [-0.2, -0.15) is 0 Å². The number of rotatable bonds is 23. The van der Waals surface area contributed by atoms with Gasteiger partial charge in [-0.25, -0.2) is 19.2 Å². The molecule has 2 aliphatic rings. The van der Waals surface area contributed by atoms with E-state index >= 15 is 0 Å². The Morgan fingerprint density at radius 1 is 0.494 bits per heavy atom. The number of nitrogens with one attached hydrogen (secondary N) is 2. The van der Waals surface area contributed by atoms with Crippen LogP contribution in [0.25, 0.3) is 34.4 Å². The van der Waals surface area contributed by atoms with Gasteiger partial charge in [0.05, 0.1) is 14.2 Å². The molecule has 2 aliphatic carbocycles. The third kappa shape index (κ3) is 14.4. The normalized spacial score (nSPS) is 13.5. The highest BCUT2D eigenvalue weighted by Crippen LogP contribution is 2.46. The molecule has 14 nitrogen and oxygen atoms in total. The number of hydrogen-bond donors (Lipinski definition) is 3. The molecule has 2 atom stereocenters. The number of ketones is 1. The number of carbonyl (C=O) groups excluding carboxylic acids is 5. The summed E-state index contributed by atoms with van der Waals surface area (Å²) in [7, 11) is 2.84. The fourth-order valence-electron chi connectivity index (χ4n) is 9.77. The maximum absolute atomic E-state index is 13.7. The first-order chi connectivity index (χ1) is 38.2. The molecular weight excluding hydrogens is 1000 g/mol. The predicted octanol–water partition coefficient (Wildman–Crippen LogP) is 12.9. The van der Waals surface area contributed by atoms with Gasteiger partial charge in [-0.1, -0.05) is 149 Å². The molecule has 8 rings (SSSR count). The number of hydrogen-bond acceptors (Lipinski definition) is 12. The minimum Gasteiger partial charge on any atom is -0.508 e. The van der Waals surface area contributed by atoms with Crippen LogP contribution < -0.4 is 29.6 Å². The van der Waals surface area contributed by atoms with E-state index < -0.39 is 42.0 Å². The smallest absolute Gasteiger partial charge is 0.407 e. The third-order valence-electron chi connectivity index (χ3n) is 13.9. The highest BCUT2D eigenvalue weighted by Gasteiger charge is 2.33. The summed E-state index contributed by atoms with van der Waals surface area (Å²) in [6, 6.07) is 39.7. The highest BCUT2D eigenvalue weighted by molar-refractivity contribution is 6.02. The lowest BCUT2D eigenvalue weighted by Gasteiger charge is -2.20. The van der Waals surface area contributed by atoms with Crippen LogP contribution in [0, 0.1) is 11.8 Å². The van der Waals surface area contributed by atoms with Gasteiger partial charge in [-0.15, -0.1) is 0 Å². The van der Waals surface area contributed by atoms with Crippen molar-refractivity contribution in [3.05, 3.63) is 191 Å². The Morgan fingerprint density at radius 2 is 0.861 bits per heavy atom. The van der Waals surface area contributed by atoms with Crippen LogP contribution >= 0.6 is 0 Å². The minimum atomic E-state index is -1.01. The van der Waals surface area contributed by atoms with Crippen LogP contribution in [-0.4, -0.2) is 74.5 Å². The van der Waals surface area contributed by atoms with Gasteiger partial charge in [-0.3, -0.25) is 4.79 Å². The zero-order chi connectivity index (χ0) is 56.0. The number of allylic oxidation sites excluding steroid dienone is 3. The Labute approximate surface area is 461 Å². The van der Waals surface area contributed by atoms with Crippen molar-refractivity contribution < 1.29 is 57.5 Å². The zero-order valence-electron chi connectivity index (χ0n) is 45.2. The van der Waals surface area contributed by atoms with Crippen molar-refractivity contribution in [2.24, 2.45) is 11.8 Å². The average Bonchev–Trinajstić information content (AvgIpc) is 4.12. The van der Waals surface area contributed by atoms with Crippen LogP contribution in [0.2, 0.25) is 0 Å². The second-order valence-electron chi connectivity index (χ2n) is 20.3. The Hall–Kier alpha value is -8.91.